The van der Waals surface area contributed by atoms with Gasteiger partial charge in [0.2, 0.25) is 0 Å². The summed E-state index contributed by atoms with van der Waals surface area (Å²) in [5, 5.41) is 8.82. The van der Waals surface area contributed by atoms with Crippen molar-refractivity contribution < 1.29 is 4.79 Å². The molecule has 0 unspecified atom stereocenters. The van der Waals surface area contributed by atoms with E-state index in [0.29, 0.717) is 29.1 Å². The topological polar surface area (TPSA) is 71.6 Å². The van der Waals surface area contributed by atoms with Crippen LogP contribution in [0.5, 0.6) is 0 Å². The fourth-order valence-corrected chi connectivity index (χ4v) is 2.24. The van der Waals surface area contributed by atoms with Crippen molar-refractivity contribution in [1.29, 1.82) is 5.26 Å². The van der Waals surface area contributed by atoms with Gasteiger partial charge in [0.25, 0.3) is 0 Å². The fourth-order valence-electron chi connectivity index (χ4n) is 2.24. The first-order valence-corrected chi connectivity index (χ1v) is 6.50. The molecule has 3 rings (SSSR count). The molecule has 2 aromatic heterocycles. The number of benzene rings is 1. The molecule has 5 heteroatoms. The van der Waals surface area contributed by atoms with Crippen LogP contribution in [0.2, 0.25) is 0 Å². The lowest BCUT2D eigenvalue weighted by molar-refractivity contribution is 0.100. The first kappa shape index (κ1) is 13.0. The van der Waals surface area contributed by atoms with Crippen LogP contribution in [-0.4, -0.2) is 20.3 Å². The number of hydrogen-bond donors (Lipinski definition) is 0. The molecule has 1 aromatic carbocycles. The Balaban J connectivity index is 2.08. The number of pyridine rings is 1. The molecule has 0 N–H and O–H groups in total. The fraction of sp³-hybridized carbons (Fsp3) is 0.125. The maximum absolute atomic E-state index is 11.8. The van der Waals surface area contributed by atoms with Crippen LogP contribution in [-0.2, 0) is 6.54 Å². The minimum Gasteiger partial charge on any atom is -0.302 e. The molecule has 5 nitrogen and oxygen atoms in total. The number of imidazole rings is 1. The Morgan fingerprint density at radius 2 is 2.05 bits per heavy atom. The third-order valence-corrected chi connectivity index (χ3v) is 3.24. The van der Waals surface area contributed by atoms with Gasteiger partial charge >= 0.3 is 0 Å². The number of carbonyl (C=O) groups is 1. The van der Waals surface area contributed by atoms with E-state index in [-0.39, 0.29) is 5.78 Å². The molecule has 0 fully saturated rings. The number of rotatable bonds is 3. The molecule has 0 spiro atoms. The van der Waals surface area contributed by atoms with E-state index in [4.69, 9.17) is 5.26 Å². The van der Waals surface area contributed by atoms with Gasteiger partial charge in [0.05, 0.1) is 18.2 Å². The highest BCUT2D eigenvalue weighted by molar-refractivity contribution is 5.94. The van der Waals surface area contributed by atoms with Gasteiger partial charge < -0.3 is 4.57 Å². The number of carbonyl (C=O) groups excluding carboxylic acids is 1. The monoisotopic (exact) mass is 276 g/mol. The summed E-state index contributed by atoms with van der Waals surface area (Å²) >= 11 is 0. The Labute approximate surface area is 121 Å². The van der Waals surface area contributed by atoms with Crippen LogP contribution in [0, 0.1) is 11.3 Å². The Kier molecular flexibility index (Phi) is 3.20. The number of aromatic nitrogens is 3. The Bertz CT molecular complexity index is 856. The van der Waals surface area contributed by atoms with Crippen LogP contribution in [0.4, 0.5) is 0 Å². The summed E-state index contributed by atoms with van der Waals surface area (Å²) in [7, 11) is 0. The number of hydrogen-bond acceptors (Lipinski definition) is 4. The van der Waals surface area contributed by atoms with Crippen molar-refractivity contribution in [2.75, 3.05) is 0 Å². The summed E-state index contributed by atoms with van der Waals surface area (Å²) in [6, 6.07) is 13.0. The Hall–Kier alpha value is -3.00. The summed E-state index contributed by atoms with van der Waals surface area (Å²) in [6.45, 7) is 1.99. The zero-order valence-electron chi connectivity index (χ0n) is 11.4. The van der Waals surface area contributed by atoms with Gasteiger partial charge in [0.15, 0.2) is 17.3 Å². The van der Waals surface area contributed by atoms with Gasteiger partial charge in [-0.05, 0) is 29.8 Å². The average molecular weight is 276 g/mol. The van der Waals surface area contributed by atoms with E-state index in [1.807, 2.05) is 18.2 Å². The summed E-state index contributed by atoms with van der Waals surface area (Å²) in [5.41, 5.74) is 2.99. The van der Waals surface area contributed by atoms with Crippen molar-refractivity contribution >= 4 is 16.9 Å². The van der Waals surface area contributed by atoms with Crippen LogP contribution in [0.15, 0.2) is 42.6 Å². The second kappa shape index (κ2) is 5.17. The first-order valence-electron chi connectivity index (χ1n) is 6.50. The van der Waals surface area contributed by atoms with E-state index in [9.17, 15) is 4.79 Å². The van der Waals surface area contributed by atoms with Crippen molar-refractivity contribution in [3.63, 3.8) is 0 Å². The smallest absolute Gasteiger partial charge is 0.195 e. The molecule has 0 atom stereocenters. The van der Waals surface area contributed by atoms with Crippen molar-refractivity contribution in [2.24, 2.45) is 0 Å². The number of Topliss-reactive ketones (excluding diaryl/α,β-unsaturated/α-hetero) is 1. The summed E-state index contributed by atoms with van der Waals surface area (Å²) < 4.78 is 1.80. The molecule has 0 aliphatic rings. The zero-order valence-corrected chi connectivity index (χ0v) is 11.4. The predicted octanol–water partition coefficient (Wildman–Crippen LogP) is 2.55. The highest BCUT2D eigenvalue weighted by atomic mass is 16.1. The quantitative estimate of drug-likeness (QED) is 0.689. The minimum absolute atomic E-state index is 0.0957. The molecule has 0 aliphatic heterocycles. The minimum atomic E-state index is -0.0957. The van der Waals surface area contributed by atoms with Crippen LogP contribution in [0.1, 0.15) is 28.7 Å². The van der Waals surface area contributed by atoms with Crippen molar-refractivity contribution in [1.82, 2.24) is 14.5 Å². The number of ketones is 1. The highest BCUT2D eigenvalue weighted by Gasteiger charge is 2.15. The molecule has 3 aromatic rings. The molecule has 0 bridgehead atoms. The average Bonchev–Trinajstić information content (AvgIpc) is 2.87. The summed E-state index contributed by atoms with van der Waals surface area (Å²) in [4.78, 5) is 20.4. The van der Waals surface area contributed by atoms with E-state index in [0.717, 1.165) is 5.56 Å². The van der Waals surface area contributed by atoms with E-state index >= 15 is 0 Å². The van der Waals surface area contributed by atoms with Crippen LogP contribution in [0.25, 0.3) is 11.2 Å². The summed E-state index contributed by atoms with van der Waals surface area (Å²) in [5.74, 6) is 0.301. The largest absolute Gasteiger partial charge is 0.302 e. The van der Waals surface area contributed by atoms with Crippen LogP contribution >= 0.6 is 0 Å². The highest BCUT2D eigenvalue weighted by Crippen LogP contribution is 2.16. The molecule has 0 amide bonds. The molecule has 0 saturated heterocycles. The maximum atomic E-state index is 11.8. The van der Waals surface area contributed by atoms with Crippen molar-refractivity contribution in [2.45, 2.75) is 13.5 Å². The lowest BCUT2D eigenvalue weighted by Crippen LogP contribution is -2.09. The lowest BCUT2D eigenvalue weighted by Gasteiger charge is -2.07. The standard InChI is InChI=1S/C16H12N4O/c1-11(21)15-19-14-3-2-8-18-16(14)20(15)10-13-6-4-12(9-17)5-7-13/h2-8H,10H2,1H3. The SMILES string of the molecule is CC(=O)c1nc2cccnc2n1Cc1ccc(C#N)cc1. The molecule has 102 valence electrons. The van der Waals surface area contributed by atoms with Crippen molar-refractivity contribution in [3.05, 3.63) is 59.5 Å². The normalized spacial score (nSPS) is 10.5. The predicted molar refractivity (Wildman–Crippen MR) is 77.8 cm³/mol. The maximum Gasteiger partial charge on any atom is 0.195 e. The second-order valence-corrected chi connectivity index (χ2v) is 4.73. The lowest BCUT2D eigenvalue weighted by atomic mass is 10.1. The number of nitrogens with zero attached hydrogens (tertiary/aromatic N) is 4. The molecule has 0 aliphatic carbocycles. The number of nitriles is 1. The molecule has 0 radical (unpaired) electrons. The van der Waals surface area contributed by atoms with Gasteiger partial charge in [-0.25, -0.2) is 9.97 Å². The van der Waals surface area contributed by atoms with Gasteiger partial charge in [-0.15, -0.1) is 0 Å². The molecule has 0 saturated carbocycles. The van der Waals surface area contributed by atoms with E-state index in [1.54, 1.807) is 29.0 Å². The van der Waals surface area contributed by atoms with Gasteiger partial charge in [-0.1, -0.05) is 12.1 Å². The third-order valence-electron chi connectivity index (χ3n) is 3.24. The van der Waals surface area contributed by atoms with Crippen molar-refractivity contribution in [3.8, 4) is 6.07 Å². The Morgan fingerprint density at radius 3 is 2.71 bits per heavy atom. The molecular formula is C16H12N4O. The molecular weight excluding hydrogens is 264 g/mol. The van der Waals surface area contributed by atoms with Gasteiger partial charge in [0, 0.05) is 13.1 Å². The van der Waals surface area contributed by atoms with Gasteiger partial charge in [-0.3, -0.25) is 4.79 Å². The molecule has 21 heavy (non-hydrogen) atoms. The van der Waals surface area contributed by atoms with Gasteiger partial charge in [-0.2, -0.15) is 5.26 Å². The first-order chi connectivity index (χ1) is 10.2. The van der Waals surface area contributed by atoms with E-state index in [1.165, 1.54) is 6.92 Å². The van der Waals surface area contributed by atoms with E-state index < -0.39 is 0 Å². The van der Waals surface area contributed by atoms with E-state index in [2.05, 4.69) is 16.0 Å². The second-order valence-electron chi connectivity index (χ2n) is 4.73. The van der Waals surface area contributed by atoms with Crippen LogP contribution in [0.3, 0.4) is 0 Å². The van der Waals surface area contributed by atoms with Crippen LogP contribution < -0.4 is 0 Å². The zero-order chi connectivity index (χ0) is 14.8. The Morgan fingerprint density at radius 1 is 1.29 bits per heavy atom. The third kappa shape index (κ3) is 2.39. The molecule has 2 heterocycles. The summed E-state index contributed by atoms with van der Waals surface area (Å²) in [6.07, 6.45) is 1.68. The van der Waals surface area contributed by atoms with Gasteiger partial charge in [0.1, 0.15) is 5.52 Å². The number of fused-ring (bicyclic) bond motifs is 1.